The van der Waals surface area contributed by atoms with Crippen LogP contribution in [0.5, 0.6) is 0 Å². The minimum Gasteiger partial charge on any atom is -0.450 e. The zero-order valence-corrected chi connectivity index (χ0v) is 13.8. The molecule has 1 N–H and O–H groups in total. The van der Waals surface area contributed by atoms with Crippen molar-refractivity contribution in [3.05, 3.63) is 0 Å². The van der Waals surface area contributed by atoms with E-state index in [2.05, 4.69) is 17.1 Å². The van der Waals surface area contributed by atoms with Crippen LogP contribution in [0, 0.1) is 11.8 Å². The summed E-state index contributed by atoms with van der Waals surface area (Å²) in [6, 6.07) is 0.256. The van der Waals surface area contributed by atoms with Gasteiger partial charge in [0.2, 0.25) is 0 Å². The van der Waals surface area contributed by atoms with Crippen molar-refractivity contribution in [2.24, 2.45) is 11.8 Å². The summed E-state index contributed by atoms with van der Waals surface area (Å²) in [5, 5.41) is 3.05. The summed E-state index contributed by atoms with van der Waals surface area (Å²) in [5.41, 5.74) is 0. The number of amides is 1. The maximum Gasteiger partial charge on any atom is 0.407 e. The molecule has 1 aliphatic carbocycles. The number of likely N-dealkylation sites (tertiary alicyclic amines) is 1. The molecule has 1 amide bonds. The first-order valence-corrected chi connectivity index (χ1v) is 8.86. The molecule has 0 aromatic rings. The lowest BCUT2D eigenvalue weighted by atomic mass is 9.87. The van der Waals surface area contributed by atoms with E-state index in [1.807, 2.05) is 6.92 Å². The van der Waals surface area contributed by atoms with Crippen molar-refractivity contribution in [1.82, 2.24) is 10.2 Å². The van der Waals surface area contributed by atoms with Gasteiger partial charge in [-0.1, -0.05) is 32.6 Å². The summed E-state index contributed by atoms with van der Waals surface area (Å²) in [7, 11) is 0. The molecule has 0 radical (unpaired) electrons. The van der Waals surface area contributed by atoms with Crippen LogP contribution in [0.15, 0.2) is 0 Å². The predicted molar refractivity (Wildman–Crippen MR) is 85.4 cm³/mol. The van der Waals surface area contributed by atoms with Gasteiger partial charge in [-0.25, -0.2) is 4.79 Å². The van der Waals surface area contributed by atoms with Crippen molar-refractivity contribution in [2.75, 3.05) is 26.2 Å². The van der Waals surface area contributed by atoms with Crippen LogP contribution in [0.3, 0.4) is 0 Å². The monoisotopic (exact) mass is 296 g/mol. The number of nitrogens with zero attached hydrogens (tertiary/aromatic N) is 1. The van der Waals surface area contributed by atoms with Crippen LogP contribution in [0.4, 0.5) is 4.79 Å². The van der Waals surface area contributed by atoms with Gasteiger partial charge in [0.05, 0.1) is 6.61 Å². The maximum absolute atomic E-state index is 11.7. The number of hydrogen-bond acceptors (Lipinski definition) is 3. The topological polar surface area (TPSA) is 41.6 Å². The van der Waals surface area contributed by atoms with Crippen LogP contribution < -0.4 is 5.32 Å². The van der Waals surface area contributed by atoms with Crippen LogP contribution in [0.1, 0.15) is 58.8 Å². The summed E-state index contributed by atoms with van der Waals surface area (Å²) in [5.74, 6) is 1.58. The van der Waals surface area contributed by atoms with Crippen LogP contribution in [0.2, 0.25) is 0 Å². The molecular formula is C17H32N2O2. The number of nitrogens with one attached hydrogen (secondary N) is 1. The molecule has 0 spiro atoms. The van der Waals surface area contributed by atoms with Crippen LogP contribution in [-0.2, 0) is 4.74 Å². The zero-order chi connectivity index (χ0) is 15.1. The van der Waals surface area contributed by atoms with E-state index in [-0.39, 0.29) is 12.1 Å². The Morgan fingerprint density at radius 2 is 1.90 bits per heavy atom. The van der Waals surface area contributed by atoms with E-state index < -0.39 is 0 Å². The Morgan fingerprint density at radius 3 is 2.57 bits per heavy atom. The highest BCUT2D eigenvalue weighted by molar-refractivity contribution is 5.67. The van der Waals surface area contributed by atoms with Crippen LogP contribution in [-0.4, -0.2) is 43.3 Å². The fraction of sp³-hybridized carbons (Fsp3) is 0.941. The number of ether oxygens (including phenoxy) is 1. The Labute approximate surface area is 129 Å². The lowest BCUT2D eigenvalue weighted by Crippen LogP contribution is -2.51. The van der Waals surface area contributed by atoms with E-state index in [0.29, 0.717) is 12.5 Å². The highest BCUT2D eigenvalue weighted by atomic mass is 16.5. The second-order valence-electron chi connectivity index (χ2n) is 6.79. The van der Waals surface area contributed by atoms with Gasteiger partial charge in [-0.05, 0) is 38.0 Å². The number of hydrogen-bond donors (Lipinski definition) is 1. The quantitative estimate of drug-likeness (QED) is 0.845. The molecule has 0 aromatic carbocycles. The van der Waals surface area contributed by atoms with Crippen LogP contribution in [0.25, 0.3) is 0 Å². The highest BCUT2D eigenvalue weighted by Gasteiger charge is 2.29. The van der Waals surface area contributed by atoms with Gasteiger partial charge in [-0.3, -0.25) is 0 Å². The van der Waals surface area contributed by atoms with Crippen molar-refractivity contribution < 1.29 is 9.53 Å². The first-order valence-electron chi connectivity index (χ1n) is 8.86. The number of alkyl carbamates (subject to hydrolysis) is 1. The molecule has 0 aromatic heterocycles. The third-order valence-corrected chi connectivity index (χ3v) is 5.03. The molecule has 2 fully saturated rings. The molecule has 122 valence electrons. The van der Waals surface area contributed by atoms with Gasteiger partial charge in [0.1, 0.15) is 0 Å². The summed E-state index contributed by atoms with van der Waals surface area (Å²) < 4.78 is 5.03. The van der Waals surface area contributed by atoms with Crippen LogP contribution >= 0.6 is 0 Å². The smallest absolute Gasteiger partial charge is 0.407 e. The second-order valence-corrected chi connectivity index (χ2v) is 6.79. The molecular weight excluding hydrogens is 264 g/mol. The van der Waals surface area contributed by atoms with E-state index in [0.717, 1.165) is 18.9 Å². The average molecular weight is 296 g/mol. The Bertz CT molecular complexity index is 316. The van der Waals surface area contributed by atoms with Gasteiger partial charge in [0, 0.05) is 25.7 Å². The summed E-state index contributed by atoms with van der Waals surface area (Å²) in [6.45, 7) is 7.97. The standard InChI is InChI=1S/C17H32N2O2/c1-3-14-10-16(18-17(20)21-4-2)13-19(11-14)12-15-8-6-5-7-9-15/h14-16H,3-13H2,1-2H3,(H,18,20). The molecule has 1 saturated carbocycles. The third kappa shape index (κ3) is 5.50. The fourth-order valence-corrected chi connectivity index (χ4v) is 3.93. The minimum atomic E-state index is -0.253. The largest absolute Gasteiger partial charge is 0.450 e. The van der Waals surface area contributed by atoms with E-state index in [1.165, 1.54) is 51.6 Å². The molecule has 2 aliphatic rings. The summed E-state index contributed by atoms with van der Waals surface area (Å²) >= 11 is 0. The molecule has 1 heterocycles. The molecule has 1 saturated heterocycles. The van der Waals surface area contributed by atoms with E-state index in [9.17, 15) is 4.79 Å². The van der Waals surface area contributed by atoms with Crippen molar-refractivity contribution in [2.45, 2.75) is 64.8 Å². The molecule has 2 atom stereocenters. The minimum absolute atomic E-state index is 0.253. The van der Waals surface area contributed by atoms with Crippen molar-refractivity contribution in [3.8, 4) is 0 Å². The molecule has 2 unspecified atom stereocenters. The molecule has 0 bridgehead atoms. The van der Waals surface area contributed by atoms with Crippen molar-refractivity contribution >= 4 is 6.09 Å². The van der Waals surface area contributed by atoms with Gasteiger partial charge in [-0.15, -0.1) is 0 Å². The Morgan fingerprint density at radius 1 is 1.14 bits per heavy atom. The molecule has 21 heavy (non-hydrogen) atoms. The number of piperidine rings is 1. The van der Waals surface area contributed by atoms with Crippen molar-refractivity contribution in [3.63, 3.8) is 0 Å². The fourth-order valence-electron chi connectivity index (χ4n) is 3.93. The summed E-state index contributed by atoms with van der Waals surface area (Å²) in [4.78, 5) is 14.2. The second kappa shape index (κ2) is 8.62. The lowest BCUT2D eigenvalue weighted by Gasteiger charge is -2.39. The maximum atomic E-state index is 11.7. The number of rotatable bonds is 5. The Balaban J connectivity index is 1.83. The SMILES string of the molecule is CCOC(=O)NC1CC(CC)CN(CC2CCCCC2)C1. The van der Waals surface area contributed by atoms with Gasteiger partial charge in [-0.2, -0.15) is 0 Å². The molecule has 2 rings (SSSR count). The predicted octanol–water partition coefficient (Wildman–Crippen LogP) is 3.41. The zero-order valence-electron chi connectivity index (χ0n) is 13.8. The Hall–Kier alpha value is -0.770. The molecule has 4 heteroatoms. The van der Waals surface area contributed by atoms with E-state index in [4.69, 9.17) is 4.74 Å². The van der Waals surface area contributed by atoms with Gasteiger partial charge in [0.25, 0.3) is 0 Å². The Kier molecular flexibility index (Phi) is 6.81. The third-order valence-electron chi connectivity index (χ3n) is 5.03. The van der Waals surface area contributed by atoms with E-state index >= 15 is 0 Å². The normalized spacial score (nSPS) is 28.3. The van der Waals surface area contributed by atoms with Gasteiger partial charge < -0.3 is 15.0 Å². The van der Waals surface area contributed by atoms with E-state index in [1.54, 1.807) is 0 Å². The first kappa shape index (κ1) is 16.6. The van der Waals surface area contributed by atoms with Gasteiger partial charge >= 0.3 is 6.09 Å². The first-order chi connectivity index (χ1) is 10.2. The summed E-state index contributed by atoms with van der Waals surface area (Å²) in [6.07, 6.45) is 9.05. The number of carbonyl (C=O) groups is 1. The molecule has 4 nitrogen and oxygen atoms in total. The highest BCUT2D eigenvalue weighted by Crippen LogP contribution is 2.27. The van der Waals surface area contributed by atoms with Crippen molar-refractivity contribution in [1.29, 1.82) is 0 Å². The average Bonchev–Trinajstić information content (AvgIpc) is 2.48. The van der Waals surface area contributed by atoms with Gasteiger partial charge in [0.15, 0.2) is 0 Å². The number of carbonyl (C=O) groups excluding carboxylic acids is 1. The molecule has 1 aliphatic heterocycles. The lowest BCUT2D eigenvalue weighted by molar-refractivity contribution is 0.0998.